The van der Waals surface area contributed by atoms with Crippen molar-refractivity contribution < 1.29 is 62.9 Å². The van der Waals surface area contributed by atoms with E-state index in [1.165, 1.54) is 50.5 Å². The highest BCUT2D eigenvalue weighted by molar-refractivity contribution is 7.48. The maximum absolute atomic E-state index is 11.5. The first kappa shape index (κ1) is 31.3. The summed E-state index contributed by atoms with van der Waals surface area (Å²) in [6, 6.07) is 7.95. The first-order valence-electron chi connectivity index (χ1n) is 11.2. The summed E-state index contributed by atoms with van der Waals surface area (Å²) >= 11 is 0. The van der Waals surface area contributed by atoms with Crippen LogP contribution in [0.2, 0.25) is 0 Å². The molecule has 0 atom stereocenters. The van der Waals surface area contributed by atoms with Gasteiger partial charge < -0.3 is 14.1 Å². The third kappa shape index (κ3) is 17.3. The number of benzene rings is 1. The Morgan fingerprint density at radius 3 is 2.06 bits per heavy atom. The normalized spacial score (nSPS) is 11.7. The van der Waals surface area contributed by atoms with Crippen LogP contribution in [0.1, 0.15) is 57.4 Å². The maximum Gasteiger partial charge on any atom is 0.529 e. The van der Waals surface area contributed by atoms with E-state index in [-0.39, 0.29) is 13.2 Å². The van der Waals surface area contributed by atoms with Crippen LogP contribution in [-0.2, 0) is 64.6 Å². The third-order valence-electron chi connectivity index (χ3n) is 4.40. The zero-order valence-electron chi connectivity index (χ0n) is 20.3. The Balaban J connectivity index is 1.91. The molecule has 0 unspecified atom stereocenters. The van der Waals surface area contributed by atoms with Crippen LogP contribution in [0.15, 0.2) is 36.8 Å². The van der Waals surface area contributed by atoms with Gasteiger partial charge in [0.1, 0.15) is 25.2 Å². The molecular formula is C21H35O13P. The van der Waals surface area contributed by atoms with Crippen molar-refractivity contribution in [2.45, 2.75) is 58.3 Å². The van der Waals surface area contributed by atoms with Crippen molar-refractivity contribution in [3.63, 3.8) is 0 Å². The monoisotopic (exact) mass is 526 g/mol. The fourth-order valence-corrected chi connectivity index (χ4v) is 3.17. The molecule has 0 aliphatic rings. The van der Waals surface area contributed by atoms with Crippen LogP contribution in [0, 0.1) is 0 Å². The Morgan fingerprint density at radius 2 is 1.37 bits per heavy atom. The second-order valence-electron chi connectivity index (χ2n) is 6.88. The van der Waals surface area contributed by atoms with Crippen LogP contribution < -0.4 is 4.74 Å². The van der Waals surface area contributed by atoms with E-state index in [4.69, 9.17) is 4.74 Å². The summed E-state index contributed by atoms with van der Waals surface area (Å²) < 4.78 is 30.6. The fraction of sp³-hybridized carbons (Fsp3) is 0.619. The lowest BCUT2D eigenvalue weighted by molar-refractivity contribution is -0.811. The molecule has 0 saturated carbocycles. The average molecular weight is 526 g/mol. The van der Waals surface area contributed by atoms with Crippen LogP contribution in [0.4, 0.5) is 0 Å². The Kier molecular flexibility index (Phi) is 19.2. The minimum absolute atomic E-state index is 0.0429. The molecule has 14 heteroatoms. The van der Waals surface area contributed by atoms with Crippen molar-refractivity contribution in [1.29, 1.82) is 0 Å². The van der Waals surface area contributed by atoms with E-state index in [1.807, 2.05) is 12.1 Å². The largest absolute Gasteiger partial charge is 0.529 e. The molecule has 0 N–H and O–H groups in total. The predicted molar refractivity (Wildman–Crippen MR) is 119 cm³/mol. The summed E-state index contributed by atoms with van der Waals surface area (Å²) in [5, 5.41) is 23.9. The summed E-state index contributed by atoms with van der Waals surface area (Å²) in [5.74, 6) is 0.717. The average Bonchev–Trinajstić information content (AvgIpc) is 2.89. The molecule has 0 amide bonds. The molecule has 0 radical (unpaired) electrons. The second kappa shape index (κ2) is 21.5. The number of hydrogen-bond acceptors (Lipinski definition) is 13. The van der Waals surface area contributed by atoms with E-state index >= 15 is 0 Å². The molecule has 202 valence electrons. The number of ether oxygens (including phenoxy) is 1. The van der Waals surface area contributed by atoms with Crippen molar-refractivity contribution in [3.05, 3.63) is 42.4 Å². The van der Waals surface area contributed by atoms with E-state index in [1.54, 1.807) is 0 Å². The van der Waals surface area contributed by atoms with Gasteiger partial charge in [-0.25, -0.2) is 9.45 Å². The van der Waals surface area contributed by atoms with Gasteiger partial charge in [-0.05, 0) is 45.7 Å². The van der Waals surface area contributed by atoms with Crippen LogP contribution >= 0.6 is 7.82 Å². The quantitative estimate of drug-likeness (QED) is 0.0531. The van der Waals surface area contributed by atoms with Crippen molar-refractivity contribution >= 4 is 7.82 Å². The Hall–Kier alpha value is -1.77. The van der Waals surface area contributed by atoms with Gasteiger partial charge in [-0.2, -0.15) is 0 Å². The number of phosphoric ester groups is 1. The lowest BCUT2D eigenvalue weighted by Crippen LogP contribution is -2.08. The first-order chi connectivity index (χ1) is 17.1. The molecule has 1 aromatic carbocycles. The Morgan fingerprint density at radius 1 is 0.743 bits per heavy atom. The van der Waals surface area contributed by atoms with Gasteiger partial charge in [0, 0.05) is 29.3 Å². The molecular weight excluding hydrogens is 491 g/mol. The lowest BCUT2D eigenvalue weighted by Gasteiger charge is -2.09. The van der Waals surface area contributed by atoms with Gasteiger partial charge in [0.15, 0.2) is 6.26 Å². The molecule has 1 rings (SSSR count). The highest BCUT2D eigenvalue weighted by Gasteiger charge is 2.21. The van der Waals surface area contributed by atoms with Gasteiger partial charge in [0.05, 0.1) is 0 Å². The Labute approximate surface area is 205 Å². The number of hydrogen-bond donors (Lipinski definition) is 0. The summed E-state index contributed by atoms with van der Waals surface area (Å²) in [7, 11) is -1.39. The summed E-state index contributed by atoms with van der Waals surface area (Å²) in [6.07, 6.45) is 11.8. The van der Waals surface area contributed by atoms with Crippen LogP contribution in [0.5, 0.6) is 5.75 Å². The molecule has 0 spiro atoms. The molecule has 35 heavy (non-hydrogen) atoms. The van der Waals surface area contributed by atoms with Crippen molar-refractivity contribution in [1.82, 2.24) is 0 Å². The zero-order chi connectivity index (χ0) is 25.5. The molecule has 0 aliphatic heterocycles. The lowest BCUT2D eigenvalue weighted by atomic mass is 10.0. The van der Waals surface area contributed by atoms with Gasteiger partial charge in [0.25, 0.3) is 0 Å². The van der Waals surface area contributed by atoms with Gasteiger partial charge in [-0.1, -0.05) is 57.6 Å². The zero-order valence-corrected chi connectivity index (χ0v) is 21.2. The summed E-state index contributed by atoms with van der Waals surface area (Å²) in [4.78, 5) is 8.89. The van der Waals surface area contributed by atoms with E-state index in [9.17, 15) is 4.57 Å². The van der Waals surface area contributed by atoms with E-state index in [0.29, 0.717) is 0 Å². The molecule has 0 aromatic heterocycles. The van der Waals surface area contributed by atoms with E-state index in [0.717, 1.165) is 38.9 Å². The smallest absolute Gasteiger partial charge is 0.491 e. The van der Waals surface area contributed by atoms with Gasteiger partial charge >= 0.3 is 7.82 Å². The second-order valence-corrected chi connectivity index (χ2v) is 8.72. The highest BCUT2D eigenvalue weighted by Crippen LogP contribution is 2.47. The topological polar surface area (TPSA) is 128 Å². The number of rotatable bonds is 24. The SMILES string of the molecule is CCCCCCCCCc1ccc(OCCOOOOOOOOC=COP(=O)(OC)OC)cc1. The summed E-state index contributed by atoms with van der Waals surface area (Å²) in [6.45, 7) is 2.49. The maximum atomic E-state index is 11.5. The van der Waals surface area contributed by atoms with Crippen LogP contribution in [0.3, 0.4) is 0 Å². The summed E-state index contributed by atoms with van der Waals surface area (Å²) in [5.41, 5.74) is 1.29. The van der Waals surface area contributed by atoms with Gasteiger partial charge in [-0.15, -0.1) is 0 Å². The number of unbranched alkanes of at least 4 members (excludes halogenated alkanes) is 6. The molecule has 0 heterocycles. The highest BCUT2D eigenvalue weighted by atomic mass is 31.2. The molecule has 0 saturated heterocycles. The third-order valence-corrected chi connectivity index (χ3v) is 5.68. The minimum atomic E-state index is -3.67. The number of aryl methyl sites for hydroxylation is 1. The van der Waals surface area contributed by atoms with E-state index in [2.05, 4.69) is 72.6 Å². The molecule has 0 bridgehead atoms. The fourth-order valence-electron chi connectivity index (χ4n) is 2.65. The van der Waals surface area contributed by atoms with E-state index < -0.39 is 7.82 Å². The molecule has 0 fully saturated rings. The van der Waals surface area contributed by atoms with Crippen molar-refractivity contribution in [2.75, 3.05) is 27.4 Å². The minimum Gasteiger partial charge on any atom is -0.491 e. The first-order valence-corrected chi connectivity index (χ1v) is 12.6. The Bertz CT molecular complexity index is 678. The molecule has 13 nitrogen and oxygen atoms in total. The van der Waals surface area contributed by atoms with Crippen LogP contribution in [0.25, 0.3) is 0 Å². The van der Waals surface area contributed by atoms with Crippen LogP contribution in [-0.4, -0.2) is 27.4 Å². The van der Waals surface area contributed by atoms with Gasteiger partial charge in [-0.3, -0.25) is 9.05 Å². The van der Waals surface area contributed by atoms with Crippen molar-refractivity contribution in [3.8, 4) is 5.75 Å². The predicted octanol–water partition coefficient (Wildman–Crippen LogP) is 5.79. The standard InChI is InChI=1S/C21H35O13P/c1-4-5-6-7-8-9-10-11-20-12-14-21(15-13-20)25-16-17-26-29-31-33-34-32-30-27-18-19-28-35(22,23-2)24-3/h12-15,18-19H,4-11,16-17H2,1-3H3. The number of phosphoric acid groups is 1. The van der Waals surface area contributed by atoms with Crippen molar-refractivity contribution in [2.24, 2.45) is 0 Å². The molecule has 1 aromatic rings. The molecule has 0 aliphatic carbocycles. The van der Waals surface area contributed by atoms with Gasteiger partial charge in [0.2, 0.25) is 0 Å².